The molecule has 2 heterocycles. The lowest BCUT2D eigenvalue weighted by atomic mass is 9.99. The van der Waals surface area contributed by atoms with Crippen LogP contribution in [0.2, 0.25) is 0 Å². The van der Waals surface area contributed by atoms with Gasteiger partial charge in [0, 0.05) is 43.2 Å². The summed E-state index contributed by atoms with van der Waals surface area (Å²) in [6, 6.07) is 17.5. The van der Waals surface area contributed by atoms with Gasteiger partial charge in [-0.25, -0.2) is 9.97 Å². The molecule has 2 N–H and O–H groups in total. The molecule has 0 bridgehead atoms. The van der Waals surface area contributed by atoms with Crippen molar-refractivity contribution in [3.63, 3.8) is 0 Å². The quantitative estimate of drug-likeness (QED) is 0.593. The number of nitrogens with one attached hydrogen (secondary N) is 2. The van der Waals surface area contributed by atoms with E-state index in [1.807, 2.05) is 59.5 Å². The molecule has 5 rings (SSSR count). The number of hydrogen-bond donors (Lipinski definition) is 2. The zero-order chi connectivity index (χ0) is 23.5. The number of nitrogens with zero attached hydrogens (tertiary/aromatic N) is 3. The zero-order valence-corrected chi connectivity index (χ0v) is 18.9. The van der Waals surface area contributed by atoms with Gasteiger partial charge in [0.15, 0.2) is 0 Å². The Bertz CT molecular complexity index is 1300. The summed E-state index contributed by atoms with van der Waals surface area (Å²) < 4.78 is 0. The summed E-state index contributed by atoms with van der Waals surface area (Å²) in [7, 11) is 0. The Morgan fingerprint density at radius 3 is 2.44 bits per heavy atom. The minimum atomic E-state index is -0.0633. The number of carbonyl (C=O) groups excluding carboxylic acids is 2. The lowest BCUT2D eigenvalue weighted by Crippen LogP contribution is -2.25. The van der Waals surface area contributed by atoms with Gasteiger partial charge >= 0.3 is 0 Å². The number of allylic oxidation sites excluding steroid dienone is 4. The molecule has 2 aromatic carbocycles. The molecule has 1 aromatic heterocycles. The highest BCUT2D eigenvalue weighted by Gasteiger charge is 2.24. The number of hydrogen-bond acceptors (Lipinski definition) is 5. The molecule has 0 unspecified atom stereocenters. The zero-order valence-electron chi connectivity index (χ0n) is 18.9. The van der Waals surface area contributed by atoms with Crippen LogP contribution >= 0.6 is 0 Å². The fraction of sp³-hybridized carbons (Fsp3) is 0.185. The number of amides is 2. The molecule has 3 aromatic rings. The molecule has 0 saturated carbocycles. The van der Waals surface area contributed by atoms with Crippen molar-refractivity contribution >= 4 is 29.0 Å². The van der Waals surface area contributed by atoms with E-state index in [0.29, 0.717) is 24.6 Å². The summed E-state index contributed by atoms with van der Waals surface area (Å²) in [4.78, 5) is 35.2. The highest BCUT2D eigenvalue weighted by Crippen LogP contribution is 2.27. The Labute approximate surface area is 198 Å². The fourth-order valence-corrected chi connectivity index (χ4v) is 4.30. The molecule has 2 amide bonds. The highest BCUT2D eigenvalue weighted by molar-refractivity contribution is 5.95. The number of carbonyl (C=O) groups is 2. The van der Waals surface area contributed by atoms with E-state index in [1.165, 1.54) is 18.1 Å². The number of benzene rings is 2. The van der Waals surface area contributed by atoms with Crippen molar-refractivity contribution < 1.29 is 9.59 Å². The molecule has 2 aliphatic rings. The number of aromatic nitrogens is 2. The molecule has 0 radical (unpaired) electrons. The summed E-state index contributed by atoms with van der Waals surface area (Å²) in [5.74, 6) is 0.406. The standard InChI is InChI=1S/C27H25N5O2/c1-18(33)29-23-11-9-19(10-12-23)25-13-14-28-27(31-25)30-24-8-4-7-20(15-24)26(34)32-16-21-5-2-3-6-22(21)17-32/h2-9,11,13-15H,10,12,16-17H2,1H3,(H,29,33)(H,28,30,31). The van der Waals surface area contributed by atoms with E-state index in [4.69, 9.17) is 0 Å². The van der Waals surface area contributed by atoms with Gasteiger partial charge in [0.05, 0.1) is 5.69 Å². The van der Waals surface area contributed by atoms with Crippen LogP contribution in [-0.4, -0.2) is 26.7 Å². The first-order chi connectivity index (χ1) is 16.5. The lowest BCUT2D eigenvalue weighted by molar-refractivity contribution is -0.118. The van der Waals surface area contributed by atoms with E-state index in [1.54, 1.807) is 6.20 Å². The third kappa shape index (κ3) is 4.73. The van der Waals surface area contributed by atoms with Gasteiger partial charge in [-0.3, -0.25) is 9.59 Å². The van der Waals surface area contributed by atoms with Crippen LogP contribution < -0.4 is 10.6 Å². The van der Waals surface area contributed by atoms with Crippen molar-refractivity contribution in [1.82, 2.24) is 20.2 Å². The van der Waals surface area contributed by atoms with Crippen LogP contribution in [0.1, 0.15) is 46.9 Å². The van der Waals surface area contributed by atoms with E-state index >= 15 is 0 Å². The van der Waals surface area contributed by atoms with E-state index in [9.17, 15) is 9.59 Å². The van der Waals surface area contributed by atoms with Gasteiger partial charge in [-0.1, -0.05) is 36.4 Å². The maximum atomic E-state index is 13.1. The van der Waals surface area contributed by atoms with E-state index in [2.05, 4.69) is 32.7 Å². The van der Waals surface area contributed by atoms with Gasteiger partial charge in [0.1, 0.15) is 0 Å². The Hall–Kier alpha value is -4.26. The molecule has 170 valence electrons. The van der Waals surface area contributed by atoms with Crippen molar-refractivity contribution in [3.05, 3.63) is 101 Å². The Morgan fingerprint density at radius 2 is 1.74 bits per heavy atom. The second kappa shape index (κ2) is 9.31. The van der Waals surface area contributed by atoms with Crippen LogP contribution in [0.5, 0.6) is 0 Å². The molecular weight excluding hydrogens is 426 g/mol. The molecule has 0 atom stereocenters. The molecule has 34 heavy (non-hydrogen) atoms. The fourth-order valence-electron chi connectivity index (χ4n) is 4.30. The predicted octanol–water partition coefficient (Wildman–Crippen LogP) is 4.57. The van der Waals surface area contributed by atoms with Crippen molar-refractivity contribution in [1.29, 1.82) is 0 Å². The molecule has 0 saturated heterocycles. The minimum Gasteiger partial charge on any atom is -0.330 e. The molecule has 1 aliphatic heterocycles. The second-order valence-electron chi connectivity index (χ2n) is 8.47. The number of fused-ring (bicyclic) bond motifs is 1. The monoisotopic (exact) mass is 451 g/mol. The van der Waals surface area contributed by atoms with E-state index in [-0.39, 0.29) is 11.8 Å². The van der Waals surface area contributed by atoms with Crippen molar-refractivity contribution in [2.45, 2.75) is 32.9 Å². The maximum absolute atomic E-state index is 13.1. The first-order valence-electron chi connectivity index (χ1n) is 11.3. The minimum absolute atomic E-state index is 0.00337. The van der Waals surface area contributed by atoms with Crippen LogP contribution in [0, 0.1) is 0 Å². The van der Waals surface area contributed by atoms with Crippen LogP contribution in [-0.2, 0) is 17.9 Å². The predicted molar refractivity (Wildman–Crippen MR) is 131 cm³/mol. The summed E-state index contributed by atoms with van der Waals surface area (Å²) in [5, 5.41) is 6.07. The van der Waals surface area contributed by atoms with Gasteiger partial charge < -0.3 is 15.5 Å². The molecule has 0 fully saturated rings. The summed E-state index contributed by atoms with van der Waals surface area (Å²) >= 11 is 0. The van der Waals surface area contributed by atoms with Gasteiger partial charge in [0.25, 0.3) is 5.91 Å². The third-order valence-corrected chi connectivity index (χ3v) is 5.96. The third-order valence-electron chi connectivity index (χ3n) is 5.96. The smallest absolute Gasteiger partial charge is 0.254 e. The Balaban J connectivity index is 1.29. The summed E-state index contributed by atoms with van der Waals surface area (Å²) in [6.07, 6.45) is 7.15. The van der Waals surface area contributed by atoms with E-state index in [0.717, 1.165) is 35.5 Å². The molecule has 7 nitrogen and oxygen atoms in total. The van der Waals surface area contributed by atoms with Crippen LogP contribution in [0.15, 0.2) is 78.6 Å². The first-order valence-corrected chi connectivity index (χ1v) is 11.3. The average molecular weight is 452 g/mol. The molecular formula is C27H25N5O2. The second-order valence-corrected chi connectivity index (χ2v) is 8.47. The van der Waals surface area contributed by atoms with Crippen molar-refractivity contribution in [3.8, 4) is 0 Å². The van der Waals surface area contributed by atoms with Gasteiger partial charge in [-0.05, 0) is 59.9 Å². The molecule has 1 aliphatic carbocycles. The molecule has 0 spiro atoms. The maximum Gasteiger partial charge on any atom is 0.254 e. The Morgan fingerprint density at radius 1 is 0.941 bits per heavy atom. The summed E-state index contributed by atoms with van der Waals surface area (Å²) in [6.45, 7) is 2.77. The van der Waals surface area contributed by atoms with Gasteiger partial charge in [0.2, 0.25) is 11.9 Å². The molecule has 7 heteroatoms. The normalized spacial score (nSPS) is 14.7. The average Bonchev–Trinajstić information content (AvgIpc) is 3.28. The number of anilines is 2. The lowest BCUT2D eigenvalue weighted by Gasteiger charge is -2.16. The SMILES string of the molecule is CC(=O)NC1=CC=C(c2ccnc(Nc3cccc(C(=O)N4Cc5ccccc5C4)c3)n2)CC1. The largest absolute Gasteiger partial charge is 0.330 e. The number of rotatable bonds is 5. The first kappa shape index (κ1) is 21.6. The van der Waals surface area contributed by atoms with Crippen LogP contribution in [0.4, 0.5) is 11.6 Å². The van der Waals surface area contributed by atoms with Crippen molar-refractivity contribution in [2.24, 2.45) is 0 Å². The highest BCUT2D eigenvalue weighted by atomic mass is 16.2. The van der Waals surface area contributed by atoms with Crippen molar-refractivity contribution in [2.75, 3.05) is 5.32 Å². The van der Waals surface area contributed by atoms with E-state index < -0.39 is 0 Å². The van der Waals surface area contributed by atoms with Crippen LogP contribution in [0.3, 0.4) is 0 Å². The van der Waals surface area contributed by atoms with Gasteiger partial charge in [-0.2, -0.15) is 0 Å². The van der Waals surface area contributed by atoms with Crippen LogP contribution in [0.25, 0.3) is 5.57 Å². The Kier molecular flexibility index (Phi) is 5.91. The summed E-state index contributed by atoms with van der Waals surface area (Å²) in [5.41, 5.74) is 6.60. The topological polar surface area (TPSA) is 87.2 Å². The van der Waals surface area contributed by atoms with Gasteiger partial charge in [-0.15, -0.1) is 0 Å².